The molecule has 2 aromatic heterocycles. The predicted molar refractivity (Wildman–Crippen MR) is 113 cm³/mol. The number of likely N-dealkylation sites (tertiary alicyclic amines) is 1. The zero-order valence-electron chi connectivity index (χ0n) is 16.8. The highest BCUT2D eigenvalue weighted by atomic mass is 35.5. The summed E-state index contributed by atoms with van der Waals surface area (Å²) < 4.78 is 30.2. The van der Waals surface area contributed by atoms with Crippen molar-refractivity contribution in [1.82, 2.24) is 25.0 Å². The first kappa shape index (κ1) is 21.4. The molecule has 1 fully saturated rings. The number of hydrogen-bond acceptors (Lipinski definition) is 4. The highest BCUT2D eigenvalue weighted by molar-refractivity contribution is 6.31. The number of carbonyl (C=O) groups is 1. The molecule has 0 bridgehead atoms. The summed E-state index contributed by atoms with van der Waals surface area (Å²) in [6, 6.07) is 11.3. The summed E-state index contributed by atoms with van der Waals surface area (Å²) >= 11 is 5.76. The molecule has 0 atom stereocenters. The van der Waals surface area contributed by atoms with Crippen LogP contribution in [0.25, 0.3) is 5.82 Å². The summed E-state index contributed by atoms with van der Waals surface area (Å²) in [5.41, 5.74) is -0.312. The number of piperidine rings is 1. The number of benzene rings is 1. The number of hydrogen-bond donors (Lipinski definition) is 1. The van der Waals surface area contributed by atoms with E-state index in [-0.39, 0.29) is 30.3 Å². The summed E-state index contributed by atoms with van der Waals surface area (Å²) in [5.74, 6) is -0.140. The summed E-state index contributed by atoms with van der Waals surface area (Å²) in [4.78, 5) is 18.7. The molecule has 31 heavy (non-hydrogen) atoms. The molecular weight excluding hydrogens is 424 g/mol. The molecular formula is C22H22ClF2N5O. The van der Waals surface area contributed by atoms with Crippen molar-refractivity contribution < 1.29 is 13.6 Å². The fraction of sp³-hybridized carbons (Fsp3) is 0.318. The highest BCUT2D eigenvalue weighted by Crippen LogP contribution is 2.27. The molecule has 9 heteroatoms. The Morgan fingerprint density at radius 1 is 1.19 bits per heavy atom. The van der Waals surface area contributed by atoms with Crippen LogP contribution in [0.5, 0.6) is 0 Å². The summed E-state index contributed by atoms with van der Waals surface area (Å²) in [6.07, 6.45) is 3.94. The van der Waals surface area contributed by atoms with Gasteiger partial charge in [0.1, 0.15) is 11.5 Å². The van der Waals surface area contributed by atoms with Gasteiger partial charge in [-0.3, -0.25) is 4.79 Å². The molecule has 162 valence electrons. The van der Waals surface area contributed by atoms with Crippen LogP contribution in [-0.2, 0) is 6.54 Å². The predicted octanol–water partition coefficient (Wildman–Crippen LogP) is 3.79. The number of rotatable bonds is 6. The average molecular weight is 446 g/mol. The number of nitrogens with zero attached hydrogens (tertiary/aromatic N) is 4. The molecule has 1 N–H and O–H groups in total. The van der Waals surface area contributed by atoms with E-state index in [1.54, 1.807) is 15.8 Å². The van der Waals surface area contributed by atoms with E-state index in [1.165, 1.54) is 12.1 Å². The Morgan fingerprint density at radius 2 is 2.00 bits per heavy atom. The maximum atomic E-state index is 15.2. The summed E-state index contributed by atoms with van der Waals surface area (Å²) in [6.45, 7) is 1.18. The third-order valence-corrected chi connectivity index (χ3v) is 5.68. The lowest BCUT2D eigenvalue weighted by atomic mass is 9.92. The number of alkyl halides is 1. The normalized spacial score (nSPS) is 15.8. The number of halogens is 3. The monoisotopic (exact) mass is 445 g/mol. The van der Waals surface area contributed by atoms with E-state index in [1.807, 2.05) is 30.5 Å². The van der Waals surface area contributed by atoms with Crippen molar-refractivity contribution in [2.45, 2.75) is 25.1 Å². The van der Waals surface area contributed by atoms with E-state index >= 15 is 4.39 Å². The minimum Gasteiger partial charge on any atom is -0.338 e. The number of nitrogens with one attached hydrogen (secondary N) is 1. The van der Waals surface area contributed by atoms with Crippen LogP contribution < -0.4 is 5.32 Å². The molecule has 3 heterocycles. The van der Waals surface area contributed by atoms with E-state index in [4.69, 9.17) is 11.6 Å². The van der Waals surface area contributed by atoms with Gasteiger partial charge >= 0.3 is 0 Å². The highest BCUT2D eigenvalue weighted by Gasteiger charge is 2.36. The number of carbonyl (C=O) groups excluding carboxylic acids is 1. The first-order valence-electron chi connectivity index (χ1n) is 10.0. The van der Waals surface area contributed by atoms with Crippen LogP contribution in [0.3, 0.4) is 0 Å². The molecule has 1 aliphatic rings. The minimum atomic E-state index is -1.41. The molecule has 4 rings (SSSR count). The lowest BCUT2D eigenvalue weighted by Gasteiger charge is -2.36. The van der Waals surface area contributed by atoms with Crippen LogP contribution in [-0.4, -0.2) is 50.9 Å². The van der Waals surface area contributed by atoms with Crippen LogP contribution in [0.15, 0.2) is 54.9 Å². The van der Waals surface area contributed by atoms with E-state index < -0.39 is 11.5 Å². The second-order valence-corrected chi connectivity index (χ2v) is 8.02. The van der Waals surface area contributed by atoms with E-state index in [0.717, 1.165) is 11.8 Å². The number of aromatic nitrogens is 3. The Kier molecular flexibility index (Phi) is 6.29. The molecule has 1 saturated heterocycles. The Balaban J connectivity index is 1.28. The average Bonchev–Trinajstić information content (AvgIpc) is 3.31. The molecule has 0 spiro atoms. The molecule has 6 nitrogen and oxygen atoms in total. The number of amides is 1. The van der Waals surface area contributed by atoms with Gasteiger partial charge in [0.15, 0.2) is 5.82 Å². The Morgan fingerprint density at radius 3 is 2.71 bits per heavy atom. The van der Waals surface area contributed by atoms with Gasteiger partial charge in [-0.15, -0.1) is 0 Å². The molecule has 1 amide bonds. The van der Waals surface area contributed by atoms with Crippen molar-refractivity contribution in [3.63, 3.8) is 0 Å². The maximum Gasteiger partial charge on any atom is 0.253 e. The summed E-state index contributed by atoms with van der Waals surface area (Å²) in [7, 11) is 0. The smallest absolute Gasteiger partial charge is 0.253 e. The first-order chi connectivity index (χ1) is 14.9. The van der Waals surface area contributed by atoms with Crippen LogP contribution >= 0.6 is 11.6 Å². The minimum absolute atomic E-state index is 0.0999. The lowest BCUT2D eigenvalue weighted by molar-refractivity contribution is 0.0434. The Bertz CT molecular complexity index is 1050. The third kappa shape index (κ3) is 5.08. The van der Waals surface area contributed by atoms with Crippen LogP contribution in [0.2, 0.25) is 5.02 Å². The lowest BCUT2D eigenvalue weighted by Crippen LogP contribution is -2.48. The quantitative estimate of drug-likeness (QED) is 0.627. The first-order valence-corrected chi connectivity index (χ1v) is 10.4. The van der Waals surface area contributed by atoms with Gasteiger partial charge < -0.3 is 10.2 Å². The standard InChI is InChI=1S/C22H22ClF2N5O/c23-18-13-16(5-6-19(18)24)21(31)29-11-7-22(25,8-12-29)15-26-14-17-3-1-4-20(28-17)30-10-2-9-27-30/h1-6,9-10,13,26H,7-8,11-12,14-15H2. The molecule has 1 aliphatic heterocycles. The fourth-order valence-electron chi connectivity index (χ4n) is 3.61. The van der Waals surface area contributed by atoms with Crippen LogP contribution in [0, 0.1) is 5.82 Å². The van der Waals surface area contributed by atoms with Crippen LogP contribution in [0.4, 0.5) is 8.78 Å². The third-order valence-electron chi connectivity index (χ3n) is 5.39. The van der Waals surface area contributed by atoms with Gasteiger partial charge in [0, 0.05) is 57.0 Å². The SMILES string of the molecule is O=C(c1ccc(F)c(Cl)c1)N1CCC(F)(CNCc2cccc(-n3cccn3)n2)CC1. The van der Waals surface area contributed by atoms with E-state index in [0.29, 0.717) is 31.0 Å². The molecule has 0 aliphatic carbocycles. The largest absolute Gasteiger partial charge is 0.338 e. The molecule has 0 radical (unpaired) electrons. The molecule has 0 saturated carbocycles. The number of pyridine rings is 1. The van der Waals surface area contributed by atoms with Gasteiger partial charge in [-0.25, -0.2) is 18.4 Å². The molecule has 1 aromatic carbocycles. The van der Waals surface area contributed by atoms with Gasteiger partial charge in [0.25, 0.3) is 5.91 Å². The van der Waals surface area contributed by atoms with Crippen LogP contribution in [0.1, 0.15) is 28.9 Å². The van der Waals surface area contributed by atoms with Gasteiger partial charge in [-0.2, -0.15) is 5.10 Å². The van der Waals surface area contributed by atoms with Gasteiger partial charge in [-0.05, 0) is 36.4 Å². The second kappa shape index (κ2) is 9.11. The van der Waals surface area contributed by atoms with Crippen molar-refractivity contribution >= 4 is 17.5 Å². The second-order valence-electron chi connectivity index (χ2n) is 7.61. The zero-order chi connectivity index (χ0) is 21.8. The maximum absolute atomic E-state index is 15.2. The van der Waals surface area contributed by atoms with Crippen molar-refractivity contribution in [2.75, 3.05) is 19.6 Å². The van der Waals surface area contributed by atoms with Crippen molar-refractivity contribution in [3.05, 3.63) is 77.0 Å². The Labute approximate surface area is 183 Å². The molecule has 3 aromatic rings. The zero-order valence-corrected chi connectivity index (χ0v) is 17.5. The van der Waals surface area contributed by atoms with Crippen molar-refractivity contribution in [1.29, 1.82) is 0 Å². The van der Waals surface area contributed by atoms with Crippen molar-refractivity contribution in [2.24, 2.45) is 0 Å². The van der Waals surface area contributed by atoms with Crippen molar-refractivity contribution in [3.8, 4) is 5.82 Å². The van der Waals surface area contributed by atoms with E-state index in [9.17, 15) is 9.18 Å². The summed E-state index contributed by atoms with van der Waals surface area (Å²) in [5, 5.41) is 7.20. The fourth-order valence-corrected chi connectivity index (χ4v) is 3.79. The topological polar surface area (TPSA) is 63.1 Å². The van der Waals surface area contributed by atoms with E-state index in [2.05, 4.69) is 15.4 Å². The Hall–Kier alpha value is -2.84. The van der Waals surface area contributed by atoms with Gasteiger partial charge in [-0.1, -0.05) is 17.7 Å². The van der Waals surface area contributed by atoms with Gasteiger partial charge in [0.2, 0.25) is 0 Å². The van der Waals surface area contributed by atoms with Gasteiger partial charge in [0.05, 0.1) is 10.7 Å². The molecule has 0 unspecified atom stereocenters.